The molecule has 1 fully saturated rings. The molecule has 0 aromatic carbocycles. The predicted molar refractivity (Wildman–Crippen MR) is 106 cm³/mol. The zero-order chi connectivity index (χ0) is 16.8. The molecule has 3 unspecified atom stereocenters. The Morgan fingerprint density at radius 2 is 1.71 bits per heavy atom. The SMILES string of the molecule is C/C=C1\CC2C=CC1C2.C1=CC2C=CC1C2.C=CC1CC=CCC1. The van der Waals surface area contributed by atoms with E-state index in [1.165, 1.54) is 38.5 Å². The lowest BCUT2D eigenvalue weighted by molar-refractivity contribution is 0.585. The average molecular weight is 321 g/mol. The van der Waals surface area contributed by atoms with Crippen LogP contribution >= 0.6 is 0 Å². The molecule has 5 aliphatic carbocycles. The summed E-state index contributed by atoms with van der Waals surface area (Å²) in [5.41, 5.74) is 1.67. The van der Waals surface area contributed by atoms with Gasteiger partial charge in [0.05, 0.1) is 0 Å². The minimum absolute atomic E-state index is 0.764. The number of hydrogen-bond acceptors (Lipinski definition) is 0. The van der Waals surface area contributed by atoms with Crippen LogP contribution in [0, 0.1) is 29.6 Å². The summed E-state index contributed by atoms with van der Waals surface area (Å²) in [7, 11) is 0. The van der Waals surface area contributed by atoms with Crippen molar-refractivity contribution in [2.45, 2.75) is 45.4 Å². The molecule has 0 saturated heterocycles. The topological polar surface area (TPSA) is 0 Å². The van der Waals surface area contributed by atoms with Crippen LogP contribution in [0.3, 0.4) is 0 Å². The van der Waals surface area contributed by atoms with Crippen LogP contribution in [-0.2, 0) is 0 Å². The van der Waals surface area contributed by atoms with Gasteiger partial charge in [-0.2, -0.15) is 0 Å². The van der Waals surface area contributed by atoms with Gasteiger partial charge in [0.2, 0.25) is 0 Å². The summed E-state index contributed by atoms with van der Waals surface area (Å²) in [6.07, 6.45) is 30.6. The highest BCUT2D eigenvalue weighted by atomic mass is 14.3. The van der Waals surface area contributed by atoms with E-state index in [0.29, 0.717) is 0 Å². The monoisotopic (exact) mass is 320 g/mol. The molecule has 0 amide bonds. The molecule has 24 heavy (non-hydrogen) atoms. The van der Waals surface area contributed by atoms with E-state index in [9.17, 15) is 0 Å². The molecule has 0 N–H and O–H groups in total. The zero-order valence-electron chi connectivity index (χ0n) is 15.1. The molecule has 0 aliphatic heterocycles. The van der Waals surface area contributed by atoms with E-state index in [0.717, 1.165) is 29.6 Å². The molecular formula is C24H32. The first kappa shape index (κ1) is 17.3. The number of hydrogen-bond donors (Lipinski definition) is 0. The summed E-state index contributed by atoms with van der Waals surface area (Å²) in [5.74, 6) is 4.12. The highest BCUT2D eigenvalue weighted by molar-refractivity contribution is 5.26. The first-order valence-corrected chi connectivity index (χ1v) is 9.76. The van der Waals surface area contributed by atoms with Crippen LogP contribution < -0.4 is 0 Å². The van der Waals surface area contributed by atoms with Crippen LogP contribution in [0.15, 0.2) is 72.9 Å². The van der Waals surface area contributed by atoms with Crippen molar-refractivity contribution in [2.24, 2.45) is 29.6 Å². The molecular weight excluding hydrogens is 288 g/mol. The maximum absolute atomic E-state index is 3.75. The Morgan fingerprint density at radius 1 is 0.958 bits per heavy atom. The minimum Gasteiger partial charge on any atom is -0.103 e. The summed E-state index contributed by atoms with van der Waals surface area (Å²) in [6.45, 7) is 5.91. The largest absolute Gasteiger partial charge is 0.103 e. The van der Waals surface area contributed by atoms with Crippen molar-refractivity contribution in [1.29, 1.82) is 0 Å². The van der Waals surface area contributed by atoms with Gasteiger partial charge in [0, 0.05) is 0 Å². The summed E-state index contributed by atoms with van der Waals surface area (Å²) in [4.78, 5) is 0. The van der Waals surface area contributed by atoms with Gasteiger partial charge in [-0.1, -0.05) is 66.3 Å². The lowest BCUT2D eigenvalue weighted by atomic mass is 9.95. The standard InChI is InChI=1S/C9H12.C8H12.C7H8/c1-2-8-5-7-3-4-9(8)6-7;1-2-8-6-4-3-5-7-8;1-2-7-4-3-6(1)5-7/h2-4,7,9H,5-6H2,1H3;2-4,8H,1,5-7H2;1-4,6-7H,5H2/b8-2+;;. The normalized spacial score (nSPS) is 38.0. The summed E-state index contributed by atoms with van der Waals surface area (Å²) >= 11 is 0. The van der Waals surface area contributed by atoms with Crippen LogP contribution in [0.2, 0.25) is 0 Å². The highest BCUT2D eigenvalue weighted by Gasteiger charge is 2.29. The first-order chi connectivity index (χ1) is 11.8. The van der Waals surface area contributed by atoms with Gasteiger partial charge < -0.3 is 0 Å². The molecule has 1 saturated carbocycles. The third-order valence-corrected chi connectivity index (χ3v) is 5.92. The van der Waals surface area contributed by atoms with Crippen molar-refractivity contribution in [3.05, 3.63) is 72.9 Å². The van der Waals surface area contributed by atoms with Gasteiger partial charge >= 0.3 is 0 Å². The van der Waals surface area contributed by atoms with Crippen molar-refractivity contribution in [1.82, 2.24) is 0 Å². The molecule has 0 heteroatoms. The molecule has 5 rings (SSSR count). The van der Waals surface area contributed by atoms with E-state index in [1.54, 1.807) is 5.57 Å². The lowest BCUT2D eigenvalue weighted by Crippen LogP contribution is -1.96. The Balaban J connectivity index is 0.000000106. The van der Waals surface area contributed by atoms with E-state index < -0.39 is 0 Å². The molecule has 0 radical (unpaired) electrons. The Bertz CT molecular complexity index is 541. The van der Waals surface area contributed by atoms with Gasteiger partial charge in [-0.05, 0) is 75.0 Å². The van der Waals surface area contributed by atoms with Crippen molar-refractivity contribution in [2.75, 3.05) is 0 Å². The predicted octanol–water partition coefficient (Wildman–Crippen LogP) is 6.81. The molecule has 4 bridgehead atoms. The fourth-order valence-corrected chi connectivity index (χ4v) is 4.35. The van der Waals surface area contributed by atoms with E-state index in [4.69, 9.17) is 0 Å². The first-order valence-electron chi connectivity index (χ1n) is 9.76. The van der Waals surface area contributed by atoms with Crippen LogP contribution in [0.1, 0.15) is 45.4 Å². The van der Waals surface area contributed by atoms with E-state index in [2.05, 4.69) is 74.3 Å². The third kappa shape index (κ3) is 4.50. The van der Waals surface area contributed by atoms with Crippen LogP contribution in [-0.4, -0.2) is 0 Å². The van der Waals surface area contributed by atoms with Crippen molar-refractivity contribution >= 4 is 0 Å². The number of rotatable bonds is 1. The van der Waals surface area contributed by atoms with E-state index in [1.807, 2.05) is 0 Å². The van der Waals surface area contributed by atoms with Gasteiger partial charge in [0.25, 0.3) is 0 Å². The van der Waals surface area contributed by atoms with Gasteiger partial charge in [0.15, 0.2) is 0 Å². The van der Waals surface area contributed by atoms with Crippen molar-refractivity contribution in [3.8, 4) is 0 Å². The molecule has 0 aromatic heterocycles. The Labute approximate surface area is 148 Å². The quantitative estimate of drug-likeness (QED) is 0.466. The third-order valence-electron chi connectivity index (χ3n) is 5.92. The van der Waals surface area contributed by atoms with Crippen LogP contribution in [0.5, 0.6) is 0 Å². The molecule has 0 nitrogen and oxygen atoms in total. The molecule has 0 spiro atoms. The fourth-order valence-electron chi connectivity index (χ4n) is 4.35. The highest BCUT2D eigenvalue weighted by Crippen LogP contribution is 2.42. The lowest BCUT2D eigenvalue weighted by Gasteiger charge is -2.11. The Kier molecular flexibility index (Phi) is 6.12. The van der Waals surface area contributed by atoms with Gasteiger partial charge in [-0.15, -0.1) is 6.58 Å². The summed E-state index contributed by atoms with van der Waals surface area (Å²) in [6, 6.07) is 0. The van der Waals surface area contributed by atoms with Crippen molar-refractivity contribution < 1.29 is 0 Å². The van der Waals surface area contributed by atoms with Crippen LogP contribution in [0.25, 0.3) is 0 Å². The molecule has 3 atom stereocenters. The summed E-state index contributed by atoms with van der Waals surface area (Å²) < 4.78 is 0. The smallest absolute Gasteiger partial charge is 0.00174 e. The van der Waals surface area contributed by atoms with Crippen LogP contribution in [0.4, 0.5) is 0 Å². The maximum Gasteiger partial charge on any atom is -0.00174 e. The Hall–Kier alpha value is -1.56. The second kappa shape index (κ2) is 8.51. The van der Waals surface area contributed by atoms with E-state index in [-0.39, 0.29) is 0 Å². The molecule has 5 aliphatic rings. The maximum atomic E-state index is 3.75. The molecule has 0 aromatic rings. The van der Waals surface area contributed by atoms with Gasteiger partial charge in [-0.3, -0.25) is 0 Å². The fraction of sp³-hybridized carbons (Fsp3) is 0.500. The Morgan fingerprint density at radius 3 is 2.00 bits per heavy atom. The number of allylic oxidation sites excluding steroid dienone is 11. The minimum atomic E-state index is 0.764. The molecule has 128 valence electrons. The average Bonchev–Trinajstić information content (AvgIpc) is 3.45. The second-order valence-corrected chi connectivity index (χ2v) is 7.67. The van der Waals surface area contributed by atoms with Crippen molar-refractivity contribution in [3.63, 3.8) is 0 Å². The molecule has 0 heterocycles. The van der Waals surface area contributed by atoms with Gasteiger partial charge in [0.1, 0.15) is 0 Å². The summed E-state index contributed by atoms with van der Waals surface area (Å²) in [5, 5.41) is 0. The van der Waals surface area contributed by atoms with Gasteiger partial charge in [-0.25, -0.2) is 0 Å². The zero-order valence-corrected chi connectivity index (χ0v) is 15.1. The second-order valence-electron chi connectivity index (χ2n) is 7.67. The number of fused-ring (bicyclic) bond motifs is 4. The van der Waals surface area contributed by atoms with E-state index >= 15 is 0 Å².